The summed E-state index contributed by atoms with van der Waals surface area (Å²) in [6.45, 7) is 9.73. The number of amides is 2. The molecule has 21 heavy (non-hydrogen) atoms. The molecule has 0 aliphatic rings. The number of imidazole rings is 1. The van der Waals surface area contributed by atoms with E-state index in [1.54, 1.807) is 9.47 Å². The zero-order valence-electron chi connectivity index (χ0n) is 13.0. The minimum atomic E-state index is -1.05. The number of rotatable bonds is 7. The van der Waals surface area contributed by atoms with Crippen LogP contribution in [-0.4, -0.2) is 50.7 Å². The van der Waals surface area contributed by atoms with Gasteiger partial charge in [0.25, 0.3) is 0 Å². The first kappa shape index (κ1) is 17.0. The van der Waals surface area contributed by atoms with Crippen LogP contribution in [0.2, 0.25) is 0 Å². The second-order valence-electron chi connectivity index (χ2n) is 5.67. The van der Waals surface area contributed by atoms with Crippen LogP contribution < -0.4 is 5.32 Å². The van der Waals surface area contributed by atoms with Crippen molar-refractivity contribution in [2.24, 2.45) is 5.92 Å². The van der Waals surface area contributed by atoms with E-state index in [0.29, 0.717) is 25.6 Å². The van der Waals surface area contributed by atoms with Gasteiger partial charge in [-0.05, 0) is 19.8 Å². The Morgan fingerprint density at radius 1 is 1.38 bits per heavy atom. The van der Waals surface area contributed by atoms with Crippen molar-refractivity contribution in [2.45, 2.75) is 40.3 Å². The van der Waals surface area contributed by atoms with Crippen LogP contribution >= 0.6 is 0 Å². The van der Waals surface area contributed by atoms with Crippen LogP contribution in [0.3, 0.4) is 0 Å². The van der Waals surface area contributed by atoms with Crippen LogP contribution in [0, 0.1) is 5.92 Å². The predicted molar refractivity (Wildman–Crippen MR) is 79.3 cm³/mol. The summed E-state index contributed by atoms with van der Waals surface area (Å²) in [7, 11) is 0. The Bertz CT molecular complexity index is 482. The van der Waals surface area contributed by atoms with Gasteiger partial charge in [-0.15, -0.1) is 0 Å². The second kappa shape index (κ2) is 7.66. The molecule has 0 saturated heterocycles. The van der Waals surface area contributed by atoms with E-state index in [9.17, 15) is 9.59 Å². The molecule has 0 fully saturated rings. The number of hydrogen-bond donors (Lipinski definition) is 2. The molecule has 7 nitrogen and oxygen atoms in total. The molecule has 1 heterocycles. The molecule has 0 aliphatic carbocycles. The van der Waals surface area contributed by atoms with Gasteiger partial charge in [-0.1, -0.05) is 13.8 Å². The molecule has 0 unspecified atom stereocenters. The van der Waals surface area contributed by atoms with Crippen LogP contribution in [0.5, 0.6) is 0 Å². The van der Waals surface area contributed by atoms with Crippen molar-refractivity contribution in [3.05, 3.63) is 18.2 Å². The maximum Gasteiger partial charge on any atom is 0.356 e. The van der Waals surface area contributed by atoms with Gasteiger partial charge in [0, 0.05) is 31.9 Å². The fourth-order valence-electron chi connectivity index (χ4n) is 1.91. The van der Waals surface area contributed by atoms with Gasteiger partial charge in [-0.2, -0.15) is 0 Å². The lowest BCUT2D eigenvalue weighted by Crippen LogP contribution is -2.46. The fraction of sp³-hybridized carbons (Fsp3) is 0.643. The Labute approximate surface area is 125 Å². The molecule has 1 rings (SSSR count). The van der Waals surface area contributed by atoms with Crippen molar-refractivity contribution in [1.29, 1.82) is 0 Å². The molecule has 0 bridgehead atoms. The van der Waals surface area contributed by atoms with Gasteiger partial charge >= 0.3 is 12.0 Å². The topological polar surface area (TPSA) is 87.5 Å². The third-order valence-electron chi connectivity index (χ3n) is 2.94. The van der Waals surface area contributed by atoms with Gasteiger partial charge in [0.15, 0.2) is 5.69 Å². The molecular weight excluding hydrogens is 272 g/mol. The minimum absolute atomic E-state index is 0.00458. The number of aromatic carboxylic acids is 1. The third-order valence-corrected chi connectivity index (χ3v) is 2.94. The number of aromatic nitrogens is 2. The maximum atomic E-state index is 12.1. The van der Waals surface area contributed by atoms with E-state index in [4.69, 9.17) is 5.11 Å². The van der Waals surface area contributed by atoms with Crippen molar-refractivity contribution in [1.82, 2.24) is 19.8 Å². The van der Waals surface area contributed by atoms with Crippen LogP contribution in [0.15, 0.2) is 12.5 Å². The lowest BCUT2D eigenvalue weighted by molar-refractivity contribution is 0.0691. The largest absolute Gasteiger partial charge is 0.476 e. The lowest BCUT2D eigenvalue weighted by atomic mass is 10.2. The molecule has 0 aliphatic heterocycles. The van der Waals surface area contributed by atoms with Gasteiger partial charge in [-0.25, -0.2) is 14.6 Å². The van der Waals surface area contributed by atoms with Gasteiger partial charge in [0.05, 0.1) is 6.33 Å². The van der Waals surface area contributed by atoms with Gasteiger partial charge < -0.3 is 19.9 Å². The van der Waals surface area contributed by atoms with Gasteiger partial charge in [-0.3, -0.25) is 0 Å². The van der Waals surface area contributed by atoms with Crippen molar-refractivity contribution in [2.75, 3.05) is 13.1 Å². The summed E-state index contributed by atoms with van der Waals surface area (Å²) < 4.78 is 1.64. The van der Waals surface area contributed by atoms with Gasteiger partial charge in [0.1, 0.15) is 0 Å². The summed E-state index contributed by atoms with van der Waals surface area (Å²) in [6, 6.07) is 0.0385. The maximum absolute atomic E-state index is 12.1. The zero-order chi connectivity index (χ0) is 16.0. The summed E-state index contributed by atoms with van der Waals surface area (Å²) in [4.78, 5) is 28.4. The van der Waals surface area contributed by atoms with Crippen molar-refractivity contribution in [3.8, 4) is 0 Å². The smallest absolute Gasteiger partial charge is 0.356 e. The van der Waals surface area contributed by atoms with Crippen LogP contribution in [0.25, 0.3) is 0 Å². The van der Waals surface area contributed by atoms with Crippen molar-refractivity contribution < 1.29 is 14.7 Å². The van der Waals surface area contributed by atoms with Crippen LogP contribution in [0.4, 0.5) is 4.79 Å². The highest BCUT2D eigenvalue weighted by Gasteiger charge is 2.17. The SMILES string of the molecule is CC(C)CN(C(=O)NCCn1cnc(C(=O)O)c1)C(C)C. The summed E-state index contributed by atoms with van der Waals surface area (Å²) in [5.74, 6) is -0.648. The molecule has 0 atom stereocenters. The summed E-state index contributed by atoms with van der Waals surface area (Å²) in [6.07, 6.45) is 2.90. The quantitative estimate of drug-likeness (QED) is 0.801. The fourth-order valence-corrected chi connectivity index (χ4v) is 1.91. The number of carboxylic acids is 1. The van der Waals surface area contributed by atoms with E-state index in [0.717, 1.165) is 0 Å². The Morgan fingerprint density at radius 2 is 2.05 bits per heavy atom. The average Bonchev–Trinajstić information content (AvgIpc) is 2.84. The molecule has 0 saturated carbocycles. The number of nitrogens with one attached hydrogen (secondary N) is 1. The Hall–Kier alpha value is -2.05. The summed E-state index contributed by atoms with van der Waals surface area (Å²) in [5, 5.41) is 11.6. The molecule has 2 amide bonds. The highest BCUT2D eigenvalue weighted by Crippen LogP contribution is 2.04. The molecule has 1 aromatic heterocycles. The van der Waals surface area contributed by atoms with E-state index < -0.39 is 5.97 Å². The van der Waals surface area contributed by atoms with E-state index in [1.165, 1.54) is 12.5 Å². The molecule has 7 heteroatoms. The summed E-state index contributed by atoms with van der Waals surface area (Å²) in [5.41, 5.74) is 0.00458. The lowest BCUT2D eigenvalue weighted by Gasteiger charge is -2.28. The first-order valence-electron chi connectivity index (χ1n) is 7.10. The van der Waals surface area contributed by atoms with E-state index in [1.807, 2.05) is 13.8 Å². The standard InChI is InChI=1S/C14H24N4O3/c1-10(2)7-18(11(3)4)14(21)15-5-6-17-8-12(13(19)20)16-9-17/h8-11H,5-7H2,1-4H3,(H,15,21)(H,19,20). The molecule has 0 radical (unpaired) electrons. The average molecular weight is 296 g/mol. The predicted octanol–water partition coefficient (Wildman–Crippen LogP) is 1.66. The normalized spacial score (nSPS) is 11.0. The molecular formula is C14H24N4O3. The van der Waals surface area contributed by atoms with E-state index in [2.05, 4.69) is 24.1 Å². The molecule has 1 aromatic rings. The summed E-state index contributed by atoms with van der Waals surface area (Å²) >= 11 is 0. The minimum Gasteiger partial charge on any atom is -0.476 e. The monoisotopic (exact) mass is 296 g/mol. The Kier molecular flexibility index (Phi) is 6.20. The Morgan fingerprint density at radius 3 is 2.52 bits per heavy atom. The highest BCUT2D eigenvalue weighted by atomic mass is 16.4. The highest BCUT2D eigenvalue weighted by molar-refractivity contribution is 5.84. The number of urea groups is 1. The van der Waals surface area contributed by atoms with Gasteiger partial charge in [0.2, 0.25) is 0 Å². The van der Waals surface area contributed by atoms with E-state index >= 15 is 0 Å². The number of carbonyl (C=O) groups excluding carboxylic acids is 1. The second-order valence-corrected chi connectivity index (χ2v) is 5.67. The van der Waals surface area contributed by atoms with Crippen LogP contribution in [-0.2, 0) is 6.54 Å². The first-order chi connectivity index (χ1) is 9.81. The molecule has 118 valence electrons. The number of carboxylic acid groups (broad SMARTS) is 1. The Balaban J connectivity index is 2.45. The van der Waals surface area contributed by atoms with Crippen LogP contribution in [0.1, 0.15) is 38.2 Å². The van der Waals surface area contributed by atoms with E-state index in [-0.39, 0.29) is 17.8 Å². The number of carbonyl (C=O) groups is 2. The molecule has 0 spiro atoms. The van der Waals surface area contributed by atoms with Crippen molar-refractivity contribution in [3.63, 3.8) is 0 Å². The van der Waals surface area contributed by atoms with Crippen molar-refractivity contribution >= 4 is 12.0 Å². The number of nitrogens with zero attached hydrogens (tertiary/aromatic N) is 3. The molecule has 0 aromatic carbocycles. The third kappa shape index (κ3) is 5.45. The zero-order valence-corrected chi connectivity index (χ0v) is 13.0. The number of hydrogen-bond acceptors (Lipinski definition) is 3. The first-order valence-corrected chi connectivity index (χ1v) is 7.10. The molecule has 2 N–H and O–H groups in total.